The zero-order valence-corrected chi connectivity index (χ0v) is 13.2. The van der Waals surface area contributed by atoms with Crippen molar-refractivity contribution in [2.75, 3.05) is 39.5 Å². The van der Waals surface area contributed by atoms with Crippen molar-refractivity contribution in [1.82, 2.24) is 10.2 Å². The van der Waals surface area contributed by atoms with Gasteiger partial charge in [0.2, 0.25) is 5.91 Å². The topological polar surface area (TPSA) is 71.0 Å². The highest BCUT2D eigenvalue weighted by Crippen LogP contribution is 2.24. The Morgan fingerprint density at radius 3 is 2.64 bits per heavy atom. The van der Waals surface area contributed by atoms with Gasteiger partial charge in [0.1, 0.15) is 6.10 Å². The molecule has 2 saturated heterocycles. The van der Waals surface area contributed by atoms with Crippen LogP contribution in [0.15, 0.2) is 0 Å². The number of rotatable bonds is 4. The summed E-state index contributed by atoms with van der Waals surface area (Å²) >= 11 is 0. The van der Waals surface area contributed by atoms with Crippen LogP contribution in [0, 0.1) is 5.92 Å². The van der Waals surface area contributed by atoms with Gasteiger partial charge in [-0.2, -0.15) is 0 Å². The van der Waals surface area contributed by atoms with E-state index in [2.05, 4.69) is 10.2 Å². The molecule has 0 aromatic rings. The van der Waals surface area contributed by atoms with E-state index < -0.39 is 6.10 Å². The van der Waals surface area contributed by atoms with Crippen LogP contribution in [-0.2, 0) is 14.3 Å². The second-order valence-corrected chi connectivity index (χ2v) is 6.73. The molecule has 3 fully saturated rings. The Hall–Kier alpha value is -0.690. The molecule has 1 saturated carbocycles. The first-order valence-corrected chi connectivity index (χ1v) is 8.64. The van der Waals surface area contributed by atoms with Gasteiger partial charge in [-0.15, -0.1) is 0 Å². The van der Waals surface area contributed by atoms with E-state index in [0.29, 0.717) is 13.2 Å². The maximum absolute atomic E-state index is 12.3. The quantitative estimate of drug-likeness (QED) is 0.773. The van der Waals surface area contributed by atoms with Gasteiger partial charge in [0.05, 0.1) is 32.0 Å². The maximum Gasteiger partial charge on any atom is 0.223 e. The van der Waals surface area contributed by atoms with Crippen molar-refractivity contribution in [2.45, 2.75) is 50.4 Å². The minimum atomic E-state index is -0.615. The molecule has 2 aliphatic heterocycles. The van der Waals surface area contributed by atoms with Crippen LogP contribution >= 0.6 is 0 Å². The van der Waals surface area contributed by atoms with Crippen molar-refractivity contribution in [1.29, 1.82) is 0 Å². The van der Waals surface area contributed by atoms with Crippen LogP contribution in [-0.4, -0.2) is 73.6 Å². The molecule has 3 atom stereocenters. The molecule has 3 rings (SSSR count). The lowest BCUT2D eigenvalue weighted by molar-refractivity contribution is -0.127. The predicted molar refractivity (Wildman–Crippen MR) is 81.5 cm³/mol. The third-order valence-corrected chi connectivity index (χ3v) is 5.13. The highest BCUT2D eigenvalue weighted by molar-refractivity contribution is 5.79. The number of hydrogen-bond acceptors (Lipinski definition) is 5. The number of aliphatic hydroxyl groups is 1. The number of amides is 1. The second kappa shape index (κ2) is 7.73. The molecule has 6 nitrogen and oxygen atoms in total. The molecule has 0 unspecified atom stereocenters. The zero-order chi connectivity index (χ0) is 15.4. The summed E-state index contributed by atoms with van der Waals surface area (Å²) in [6.45, 7) is 4.36. The van der Waals surface area contributed by atoms with Gasteiger partial charge in [-0.05, 0) is 12.8 Å². The average molecular weight is 312 g/mol. The number of nitrogens with zero attached hydrogens (tertiary/aromatic N) is 1. The van der Waals surface area contributed by atoms with Crippen molar-refractivity contribution in [3.8, 4) is 0 Å². The first-order valence-electron chi connectivity index (χ1n) is 8.64. The number of carbonyl (C=O) groups excluding carboxylic acids is 1. The van der Waals surface area contributed by atoms with E-state index in [-0.39, 0.29) is 24.0 Å². The van der Waals surface area contributed by atoms with E-state index in [4.69, 9.17) is 9.47 Å². The van der Waals surface area contributed by atoms with E-state index in [1.165, 1.54) is 6.42 Å². The van der Waals surface area contributed by atoms with Crippen LogP contribution in [0.25, 0.3) is 0 Å². The number of hydrogen-bond donors (Lipinski definition) is 2. The predicted octanol–water partition coefficient (Wildman–Crippen LogP) is 0.143. The van der Waals surface area contributed by atoms with Crippen molar-refractivity contribution >= 4 is 5.91 Å². The Kier molecular flexibility index (Phi) is 5.68. The fourth-order valence-corrected chi connectivity index (χ4v) is 3.67. The summed E-state index contributed by atoms with van der Waals surface area (Å²) in [6.07, 6.45) is 4.65. The zero-order valence-electron chi connectivity index (χ0n) is 13.2. The second-order valence-electron chi connectivity index (χ2n) is 6.73. The van der Waals surface area contributed by atoms with Gasteiger partial charge in [0, 0.05) is 25.6 Å². The van der Waals surface area contributed by atoms with Gasteiger partial charge in [0.15, 0.2) is 0 Å². The molecule has 3 aliphatic rings. The molecular weight excluding hydrogens is 284 g/mol. The summed E-state index contributed by atoms with van der Waals surface area (Å²) in [7, 11) is 0. The SMILES string of the molecule is O=C(N[C@H]1CO[C@@H](CN2CCOCC2)[C@@H]1O)C1CCCCC1. The van der Waals surface area contributed by atoms with Crippen LogP contribution in [0.5, 0.6) is 0 Å². The number of morpholine rings is 1. The monoisotopic (exact) mass is 312 g/mol. The van der Waals surface area contributed by atoms with Gasteiger partial charge in [0.25, 0.3) is 0 Å². The van der Waals surface area contributed by atoms with Gasteiger partial charge in [-0.3, -0.25) is 9.69 Å². The summed E-state index contributed by atoms with van der Waals surface area (Å²) < 4.78 is 11.1. The van der Waals surface area contributed by atoms with Crippen molar-refractivity contribution < 1.29 is 19.4 Å². The summed E-state index contributed by atoms with van der Waals surface area (Å²) in [5, 5.41) is 13.4. The van der Waals surface area contributed by atoms with Gasteiger partial charge < -0.3 is 19.9 Å². The summed E-state index contributed by atoms with van der Waals surface area (Å²) in [6, 6.07) is -0.263. The van der Waals surface area contributed by atoms with E-state index in [9.17, 15) is 9.90 Å². The smallest absolute Gasteiger partial charge is 0.223 e. The summed E-state index contributed by atoms with van der Waals surface area (Å²) in [5.74, 6) is 0.221. The van der Waals surface area contributed by atoms with Crippen LogP contribution in [0.4, 0.5) is 0 Å². The van der Waals surface area contributed by atoms with E-state index in [1.54, 1.807) is 0 Å². The molecule has 0 bridgehead atoms. The minimum Gasteiger partial charge on any atom is -0.388 e. The molecule has 6 heteroatoms. The maximum atomic E-state index is 12.3. The van der Waals surface area contributed by atoms with Crippen LogP contribution in [0.1, 0.15) is 32.1 Å². The van der Waals surface area contributed by atoms with Gasteiger partial charge in [-0.25, -0.2) is 0 Å². The fourth-order valence-electron chi connectivity index (χ4n) is 3.67. The Balaban J connectivity index is 1.45. The first-order chi connectivity index (χ1) is 10.7. The van der Waals surface area contributed by atoms with Gasteiger partial charge in [-0.1, -0.05) is 19.3 Å². The number of ether oxygens (including phenoxy) is 2. The average Bonchev–Trinajstić information content (AvgIpc) is 2.90. The van der Waals surface area contributed by atoms with E-state index >= 15 is 0 Å². The van der Waals surface area contributed by atoms with E-state index in [1.807, 2.05) is 0 Å². The fraction of sp³-hybridized carbons (Fsp3) is 0.938. The van der Waals surface area contributed by atoms with Crippen molar-refractivity contribution in [3.05, 3.63) is 0 Å². The molecule has 0 radical (unpaired) electrons. The minimum absolute atomic E-state index is 0.0966. The lowest BCUT2D eigenvalue weighted by Crippen LogP contribution is -2.49. The molecule has 0 spiro atoms. The van der Waals surface area contributed by atoms with Crippen molar-refractivity contribution in [3.63, 3.8) is 0 Å². The summed E-state index contributed by atoms with van der Waals surface area (Å²) in [5.41, 5.74) is 0. The third-order valence-electron chi connectivity index (χ3n) is 5.13. The summed E-state index contributed by atoms with van der Waals surface area (Å²) in [4.78, 5) is 14.5. The van der Waals surface area contributed by atoms with Crippen LogP contribution < -0.4 is 5.32 Å². The number of carbonyl (C=O) groups is 1. The van der Waals surface area contributed by atoms with E-state index in [0.717, 1.165) is 52.0 Å². The number of aliphatic hydroxyl groups excluding tert-OH is 1. The Morgan fingerprint density at radius 2 is 1.91 bits per heavy atom. The normalized spacial score (nSPS) is 34.7. The molecule has 0 aromatic heterocycles. The number of nitrogens with one attached hydrogen (secondary N) is 1. The highest BCUT2D eigenvalue weighted by Gasteiger charge is 2.38. The molecule has 1 aliphatic carbocycles. The Bertz CT molecular complexity index is 367. The van der Waals surface area contributed by atoms with Crippen LogP contribution in [0.3, 0.4) is 0 Å². The molecule has 2 N–H and O–H groups in total. The molecule has 22 heavy (non-hydrogen) atoms. The van der Waals surface area contributed by atoms with Crippen molar-refractivity contribution in [2.24, 2.45) is 5.92 Å². The Labute approximate surface area is 132 Å². The van der Waals surface area contributed by atoms with Gasteiger partial charge >= 0.3 is 0 Å². The highest BCUT2D eigenvalue weighted by atomic mass is 16.5. The third kappa shape index (κ3) is 3.98. The Morgan fingerprint density at radius 1 is 1.18 bits per heavy atom. The molecule has 1 amide bonds. The standard InChI is InChI=1S/C16H28N2O4/c19-15-13(17-16(20)12-4-2-1-3-5-12)11-22-14(15)10-18-6-8-21-9-7-18/h12-15,19H,1-11H2,(H,17,20)/t13-,14-,15+/m0/s1. The lowest BCUT2D eigenvalue weighted by atomic mass is 9.88. The molecule has 126 valence electrons. The molecule has 2 heterocycles. The largest absolute Gasteiger partial charge is 0.388 e. The lowest BCUT2D eigenvalue weighted by Gasteiger charge is -2.30. The molecule has 0 aromatic carbocycles. The first kappa shape index (κ1) is 16.2. The molecular formula is C16H28N2O4. The van der Waals surface area contributed by atoms with Crippen LogP contribution in [0.2, 0.25) is 0 Å².